The zero-order valence-corrected chi connectivity index (χ0v) is 9.62. The Kier molecular flexibility index (Phi) is 2.81. The molecule has 2 atom stereocenters. The molecule has 0 amide bonds. The predicted molar refractivity (Wildman–Crippen MR) is 65.7 cm³/mol. The number of nitrogens with one attached hydrogen (secondary N) is 2. The highest BCUT2D eigenvalue weighted by molar-refractivity contribution is 5.86. The third-order valence-corrected chi connectivity index (χ3v) is 3.38. The summed E-state index contributed by atoms with van der Waals surface area (Å²) in [6.45, 7) is 2.01. The van der Waals surface area contributed by atoms with E-state index >= 15 is 0 Å². The van der Waals surface area contributed by atoms with Crippen LogP contribution < -0.4 is 10.6 Å². The second-order valence-corrected chi connectivity index (χ2v) is 4.69. The maximum Gasteiger partial charge on any atom is 0.123 e. The Morgan fingerprint density at radius 2 is 2.35 bits per heavy atom. The lowest BCUT2D eigenvalue weighted by atomic mass is 10.0. The van der Waals surface area contributed by atoms with Crippen LogP contribution in [0.3, 0.4) is 0 Å². The molecule has 3 rings (SSSR count). The fraction of sp³-hybridized carbons (Fsp3) is 0.462. The van der Waals surface area contributed by atoms with Crippen LogP contribution in [0.1, 0.15) is 12.0 Å². The van der Waals surface area contributed by atoms with Crippen LogP contribution in [0.4, 0.5) is 4.39 Å². The summed E-state index contributed by atoms with van der Waals surface area (Å²) in [5.74, 6) is 0.814. The van der Waals surface area contributed by atoms with Crippen molar-refractivity contribution in [2.75, 3.05) is 13.1 Å². The summed E-state index contributed by atoms with van der Waals surface area (Å²) in [7, 11) is 0. The van der Waals surface area contributed by atoms with E-state index in [-0.39, 0.29) is 5.82 Å². The van der Waals surface area contributed by atoms with Gasteiger partial charge in [-0.1, -0.05) is 12.1 Å². The molecule has 0 aliphatic carbocycles. The van der Waals surface area contributed by atoms with Crippen molar-refractivity contribution in [3.05, 3.63) is 35.6 Å². The molecule has 0 bridgehead atoms. The molecular weight excluding hydrogens is 217 g/mol. The molecule has 1 aromatic carbocycles. The summed E-state index contributed by atoms with van der Waals surface area (Å²) in [4.78, 5) is 4.68. The van der Waals surface area contributed by atoms with Gasteiger partial charge in [0.1, 0.15) is 11.7 Å². The van der Waals surface area contributed by atoms with Gasteiger partial charge in [-0.15, -0.1) is 0 Å². The van der Waals surface area contributed by atoms with Crippen LogP contribution in [0.2, 0.25) is 0 Å². The fourth-order valence-corrected chi connectivity index (χ4v) is 2.53. The van der Waals surface area contributed by atoms with Crippen LogP contribution in [-0.2, 0) is 6.42 Å². The second kappa shape index (κ2) is 4.45. The van der Waals surface area contributed by atoms with Gasteiger partial charge in [-0.05, 0) is 30.7 Å². The number of hydrogen-bond donors (Lipinski definition) is 2. The maximum absolute atomic E-state index is 13.1. The molecule has 3 nitrogen and oxygen atoms in total. The van der Waals surface area contributed by atoms with Crippen molar-refractivity contribution < 1.29 is 4.39 Å². The average Bonchev–Trinajstić information content (AvgIpc) is 2.71. The van der Waals surface area contributed by atoms with E-state index in [1.54, 1.807) is 12.1 Å². The largest absolute Gasteiger partial charge is 0.367 e. The molecule has 17 heavy (non-hydrogen) atoms. The summed E-state index contributed by atoms with van der Waals surface area (Å²) in [5.41, 5.74) is 0.975. The number of nitrogens with zero attached hydrogens (tertiary/aromatic N) is 1. The van der Waals surface area contributed by atoms with Gasteiger partial charge >= 0.3 is 0 Å². The Hall–Kier alpha value is -1.42. The topological polar surface area (TPSA) is 36.4 Å². The molecule has 1 aromatic rings. The van der Waals surface area contributed by atoms with Gasteiger partial charge in [0.05, 0.1) is 12.1 Å². The van der Waals surface area contributed by atoms with E-state index in [1.165, 1.54) is 6.07 Å². The minimum atomic E-state index is -0.180. The summed E-state index contributed by atoms with van der Waals surface area (Å²) in [6.07, 6.45) is 1.79. The van der Waals surface area contributed by atoms with E-state index in [0.29, 0.717) is 18.5 Å². The normalized spacial score (nSPS) is 27.2. The minimum absolute atomic E-state index is 0.180. The Morgan fingerprint density at radius 1 is 1.41 bits per heavy atom. The fourth-order valence-electron chi connectivity index (χ4n) is 2.53. The number of amidine groups is 1. The highest BCUT2D eigenvalue weighted by Crippen LogP contribution is 2.16. The summed E-state index contributed by atoms with van der Waals surface area (Å²) in [6, 6.07) is 7.55. The first kappa shape index (κ1) is 10.7. The molecule has 2 aliphatic rings. The van der Waals surface area contributed by atoms with Crippen molar-refractivity contribution >= 4 is 5.84 Å². The van der Waals surface area contributed by atoms with E-state index in [4.69, 9.17) is 0 Å². The zero-order chi connectivity index (χ0) is 11.7. The first-order valence-corrected chi connectivity index (χ1v) is 6.09. The second-order valence-electron chi connectivity index (χ2n) is 4.69. The molecule has 0 radical (unpaired) electrons. The van der Waals surface area contributed by atoms with Gasteiger partial charge in [-0.3, -0.25) is 4.99 Å². The van der Waals surface area contributed by atoms with Gasteiger partial charge in [0.25, 0.3) is 0 Å². The van der Waals surface area contributed by atoms with E-state index in [2.05, 4.69) is 15.6 Å². The number of piperidine rings is 1. The third-order valence-electron chi connectivity index (χ3n) is 3.38. The number of halogens is 1. The van der Waals surface area contributed by atoms with Crippen LogP contribution in [0, 0.1) is 5.82 Å². The van der Waals surface area contributed by atoms with Gasteiger partial charge in [-0.2, -0.15) is 0 Å². The molecule has 0 saturated carbocycles. The van der Waals surface area contributed by atoms with Crippen molar-refractivity contribution in [1.29, 1.82) is 0 Å². The quantitative estimate of drug-likeness (QED) is 0.802. The highest BCUT2D eigenvalue weighted by atomic mass is 19.1. The van der Waals surface area contributed by atoms with Crippen LogP contribution >= 0.6 is 0 Å². The van der Waals surface area contributed by atoms with E-state index in [1.807, 2.05) is 6.07 Å². The number of benzene rings is 1. The molecule has 1 saturated heterocycles. The molecule has 90 valence electrons. The van der Waals surface area contributed by atoms with Crippen LogP contribution in [0.5, 0.6) is 0 Å². The van der Waals surface area contributed by atoms with Crippen molar-refractivity contribution in [3.8, 4) is 0 Å². The van der Waals surface area contributed by atoms with Gasteiger partial charge < -0.3 is 10.6 Å². The van der Waals surface area contributed by atoms with Crippen molar-refractivity contribution in [1.82, 2.24) is 10.6 Å². The smallest absolute Gasteiger partial charge is 0.123 e. The van der Waals surface area contributed by atoms with Crippen molar-refractivity contribution in [2.24, 2.45) is 4.99 Å². The standard InChI is InChI=1S/C13H16FN3/c14-10-3-1-2-9(6-10)7-13-16-11-4-5-15-8-12(11)17-13/h1-3,6,11-12,15H,4-5,7-8H2,(H,16,17). The van der Waals surface area contributed by atoms with Gasteiger partial charge in [0, 0.05) is 13.0 Å². The molecule has 4 heteroatoms. The molecular formula is C13H16FN3. The summed E-state index contributed by atoms with van der Waals surface area (Å²) in [5, 5.41) is 6.78. The lowest BCUT2D eigenvalue weighted by Crippen LogP contribution is -2.48. The van der Waals surface area contributed by atoms with Gasteiger partial charge in [0.2, 0.25) is 0 Å². The van der Waals surface area contributed by atoms with E-state index < -0.39 is 0 Å². The van der Waals surface area contributed by atoms with E-state index in [9.17, 15) is 4.39 Å². The Morgan fingerprint density at radius 3 is 3.18 bits per heavy atom. The highest BCUT2D eigenvalue weighted by Gasteiger charge is 2.30. The Balaban J connectivity index is 1.70. The van der Waals surface area contributed by atoms with Gasteiger partial charge in [-0.25, -0.2) is 4.39 Å². The monoisotopic (exact) mass is 233 g/mol. The average molecular weight is 233 g/mol. The van der Waals surface area contributed by atoms with Gasteiger partial charge in [0.15, 0.2) is 0 Å². The molecule has 2 heterocycles. The lowest BCUT2D eigenvalue weighted by molar-refractivity contribution is 0.402. The first-order chi connectivity index (χ1) is 8.31. The molecule has 2 N–H and O–H groups in total. The Bertz CT molecular complexity index is 444. The predicted octanol–water partition coefficient (Wildman–Crippen LogP) is 1.10. The van der Waals surface area contributed by atoms with Crippen LogP contribution in [0.15, 0.2) is 29.3 Å². The Labute approximate surface area is 100 Å². The zero-order valence-electron chi connectivity index (χ0n) is 9.62. The summed E-state index contributed by atoms with van der Waals surface area (Å²) < 4.78 is 13.1. The molecule has 1 fully saturated rings. The molecule has 2 aliphatic heterocycles. The van der Waals surface area contributed by atoms with Crippen molar-refractivity contribution in [2.45, 2.75) is 24.9 Å². The number of hydrogen-bond acceptors (Lipinski definition) is 3. The minimum Gasteiger partial charge on any atom is -0.367 e. The molecule has 0 aromatic heterocycles. The number of aliphatic imine (C=N–C) groups is 1. The van der Waals surface area contributed by atoms with Crippen LogP contribution in [-0.4, -0.2) is 31.0 Å². The molecule has 0 spiro atoms. The van der Waals surface area contributed by atoms with E-state index in [0.717, 1.165) is 30.9 Å². The number of fused-ring (bicyclic) bond motifs is 1. The maximum atomic E-state index is 13.1. The molecule has 2 unspecified atom stereocenters. The summed E-state index contributed by atoms with van der Waals surface area (Å²) >= 11 is 0. The first-order valence-electron chi connectivity index (χ1n) is 6.09. The van der Waals surface area contributed by atoms with Crippen LogP contribution in [0.25, 0.3) is 0 Å². The number of rotatable bonds is 2. The van der Waals surface area contributed by atoms with Crippen molar-refractivity contribution in [3.63, 3.8) is 0 Å². The third kappa shape index (κ3) is 2.31. The lowest BCUT2D eigenvalue weighted by Gasteiger charge is -2.24. The SMILES string of the molecule is Fc1cccc(CC2=NC3CCNCC3N2)c1.